The van der Waals surface area contributed by atoms with Crippen molar-refractivity contribution in [1.82, 2.24) is 24.1 Å². The molecular weight excluding hydrogens is 373 g/mol. The van der Waals surface area contributed by atoms with Crippen molar-refractivity contribution >= 4 is 11.5 Å². The third kappa shape index (κ3) is 3.21. The number of ether oxygens (including phenoxy) is 1. The molecule has 1 saturated carbocycles. The highest BCUT2D eigenvalue weighted by Crippen LogP contribution is 2.45. The summed E-state index contributed by atoms with van der Waals surface area (Å²) >= 11 is 0. The van der Waals surface area contributed by atoms with Crippen molar-refractivity contribution in [3.63, 3.8) is 0 Å². The van der Waals surface area contributed by atoms with Gasteiger partial charge in [0.1, 0.15) is 6.54 Å². The van der Waals surface area contributed by atoms with Gasteiger partial charge in [-0.3, -0.25) is 9.08 Å². The molecule has 0 amide bonds. The number of alkyl halides is 3. The predicted octanol–water partition coefficient (Wildman–Crippen LogP) is 2.87. The van der Waals surface area contributed by atoms with E-state index in [4.69, 9.17) is 9.72 Å². The van der Waals surface area contributed by atoms with Crippen molar-refractivity contribution in [3.8, 4) is 11.3 Å². The van der Waals surface area contributed by atoms with Crippen LogP contribution in [0.25, 0.3) is 16.9 Å². The molecule has 4 heterocycles. The number of imidazole rings is 1. The van der Waals surface area contributed by atoms with Crippen molar-refractivity contribution in [2.24, 2.45) is 0 Å². The molecule has 1 saturated heterocycles. The number of hydrogen-bond donors (Lipinski definition) is 0. The van der Waals surface area contributed by atoms with E-state index in [1.165, 1.54) is 12.4 Å². The molecule has 0 N–H and O–H groups in total. The van der Waals surface area contributed by atoms with Gasteiger partial charge in [-0.2, -0.15) is 18.3 Å². The largest absolute Gasteiger partial charge is 0.408 e. The Morgan fingerprint density at radius 1 is 1.18 bits per heavy atom. The second kappa shape index (κ2) is 6.47. The Morgan fingerprint density at radius 3 is 2.68 bits per heavy atom. The van der Waals surface area contributed by atoms with Gasteiger partial charge in [0.15, 0.2) is 11.5 Å². The van der Waals surface area contributed by atoms with Gasteiger partial charge < -0.3 is 9.64 Å². The summed E-state index contributed by atoms with van der Waals surface area (Å²) in [5.74, 6) is 1.11. The lowest BCUT2D eigenvalue weighted by molar-refractivity contribution is -0.142. The van der Waals surface area contributed by atoms with Crippen LogP contribution in [0.4, 0.5) is 19.0 Å². The second-order valence-electron chi connectivity index (χ2n) is 7.21. The van der Waals surface area contributed by atoms with Crippen LogP contribution in [-0.4, -0.2) is 56.6 Å². The third-order valence-electron chi connectivity index (χ3n) is 5.07. The molecule has 1 aliphatic carbocycles. The van der Waals surface area contributed by atoms with E-state index in [0.29, 0.717) is 24.7 Å². The van der Waals surface area contributed by atoms with Gasteiger partial charge in [0.25, 0.3) is 0 Å². The van der Waals surface area contributed by atoms with Crippen molar-refractivity contribution in [2.75, 3.05) is 31.2 Å². The predicted molar refractivity (Wildman–Crippen MR) is 95.3 cm³/mol. The molecule has 0 aromatic carbocycles. The van der Waals surface area contributed by atoms with Gasteiger partial charge in [0.05, 0.1) is 30.8 Å². The van der Waals surface area contributed by atoms with Crippen LogP contribution in [0.2, 0.25) is 0 Å². The molecule has 2 fully saturated rings. The fourth-order valence-corrected chi connectivity index (χ4v) is 3.66. The molecular formula is C18H19F3N6O. The summed E-state index contributed by atoms with van der Waals surface area (Å²) < 4.78 is 46.4. The number of aromatic nitrogens is 5. The van der Waals surface area contributed by atoms with Crippen LogP contribution in [-0.2, 0) is 11.3 Å². The Labute approximate surface area is 158 Å². The zero-order valence-corrected chi connectivity index (χ0v) is 15.1. The topological polar surface area (TPSA) is 60.5 Å². The summed E-state index contributed by atoms with van der Waals surface area (Å²) in [6.07, 6.45) is 4.21. The summed E-state index contributed by atoms with van der Waals surface area (Å²) in [4.78, 5) is 11.5. The Morgan fingerprint density at radius 2 is 1.96 bits per heavy atom. The van der Waals surface area contributed by atoms with E-state index in [-0.39, 0.29) is 0 Å². The zero-order valence-electron chi connectivity index (χ0n) is 15.1. The van der Waals surface area contributed by atoms with Gasteiger partial charge in [0.2, 0.25) is 0 Å². The summed E-state index contributed by atoms with van der Waals surface area (Å²) in [6.45, 7) is 1.63. The SMILES string of the molecule is FC(F)(F)Cn1cc(-c2c(C3CC3)nc3c(N4CCOCC4)nccn23)cn1. The van der Waals surface area contributed by atoms with Crippen LogP contribution in [0.5, 0.6) is 0 Å². The summed E-state index contributed by atoms with van der Waals surface area (Å²) in [5.41, 5.74) is 3.08. The Kier molecular flexibility index (Phi) is 4.04. The number of halogens is 3. The average molecular weight is 392 g/mol. The molecule has 0 unspecified atom stereocenters. The van der Waals surface area contributed by atoms with Crippen LogP contribution in [0.15, 0.2) is 24.8 Å². The average Bonchev–Trinajstić information content (AvgIpc) is 3.30. The van der Waals surface area contributed by atoms with Gasteiger partial charge in [0, 0.05) is 43.2 Å². The fraction of sp³-hybridized carbons (Fsp3) is 0.500. The summed E-state index contributed by atoms with van der Waals surface area (Å²) in [6, 6.07) is 0. The van der Waals surface area contributed by atoms with Crippen molar-refractivity contribution in [3.05, 3.63) is 30.5 Å². The number of fused-ring (bicyclic) bond motifs is 1. The number of rotatable bonds is 4. The fourth-order valence-electron chi connectivity index (χ4n) is 3.66. The van der Waals surface area contributed by atoms with E-state index >= 15 is 0 Å². The van der Waals surface area contributed by atoms with Crippen LogP contribution < -0.4 is 4.90 Å². The van der Waals surface area contributed by atoms with E-state index in [9.17, 15) is 13.2 Å². The first-order chi connectivity index (χ1) is 13.5. The maximum atomic E-state index is 12.7. The lowest BCUT2D eigenvalue weighted by Crippen LogP contribution is -2.37. The lowest BCUT2D eigenvalue weighted by Gasteiger charge is -2.27. The Balaban J connectivity index is 1.61. The van der Waals surface area contributed by atoms with E-state index in [0.717, 1.165) is 53.5 Å². The molecule has 28 heavy (non-hydrogen) atoms. The number of morpholine rings is 1. The van der Waals surface area contributed by atoms with Gasteiger partial charge in [-0.15, -0.1) is 0 Å². The molecule has 10 heteroatoms. The van der Waals surface area contributed by atoms with Crippen molar-refractivity contribution in [2.45, 2.75) is 31.5 Å². The number of nitrogens with zero attached hydrogens (tertiary/aromatic N) is 6. The minimum absolute atomic E-state index is 0.332. The van der Waals surface area contributed by atoms with Crippen LogP contribution in [0.3, 0.4) is 0 Å². The highest BCUT2D eigenvalue weighted by molar-refractivity contribution is 5.74. The molecule has 7 nitrogen and oxygen atoms in total. The minimum atomic E-state index is -4.31. The monoisotopic (exact) mass is 392 g/mol. The standard InChI is InChI=1S/C18H19F3N6O/c19-18(20,21)11-26-10-13(9-23-26)15-14(12-1-2-12)24-17-16(22-3-4-27(15)17)25-5-7-28-8-6-25/h3-4,9-10,12H,1-2,5-8,11H2. The highest BCUT2D eigenvalue weighted by Gasteiger charge is 2.33. The number of anilines is 1. The summed E-state index contributed by atoms with van der Waals surface area (Å²) in [5, 5.41) is 3.91. The molecule has 0 bridgehead atoms. The smallest absolute Gasteiger partial charge is 0.378 e. The molecule has 3 aromatic heterocycles. The number of hydrogen-bond acceptors (Lipinski definition) is 5. The maximum absolute atomic E-state index is 12.7. The molecule has 3 aromatic rings. The van der Waals surface area contributed by atoms with E-state index in [2.05, 4.69) is 15.0 Å². The van der Waals surface area contributed by atoms with E-state index in [1.807, 2.05) is 10.6 Å². The third-order valence-corrected chi connectivity index (χ3v) is 5.07. The molecule has 2 aliphatic rings. The normalized spacial score (nSPS) is 18.2. The first-order valence-electron chi connectivity index (χ1n) is 9.29. The highest BCUT2D eigenvalue weighted by atomic mass is 19.4. The van der Waals surface area contributed by atoms with Crippen LogP contribution >= 0.6 is 0 Å². The lowest BCUT2D eigenvalue weighted by atomic mass is 10.1. The minimum Gasteiger partial charge on any atom is -0.378 e. The Bertz CT molecular complexity index is 1000. The molecule has 0 atom stereocenters. The van der Waals surface area contributed by atoms with Crippen molar-refractivity contribution in [1.29, 1.82) is 0 Å². The van der Waals surface area contributed by atoms with Crippen LogP contribution in [0.1, 0.15) is 24.5 Å². The molecule has 5 rings (SSSR count). The van der Waals surface area contributed by atoms with Crippen molar-refractivity contribution < 1.29 is 17.9 Å². The second-order valence-corrected chi connectivity index (χ2v) is 7.21. The zero-order chi connectivity index (χ0) is 19.3. The van der Waals surface area contributed by atoms with E-state index < -0.39 is 12.7 Å². The molecule has 0 spiro atoms. The molecule has 148 valence electrons. The van der Waals surface area contributed by atoms with Gasteiger partial charge in [-0.1, -0.05) is 0 Å². The summed E-state index contributed by atoms with van der Waals surface area (Å²) in [7, 11) is 0. The maximum Gasteiger partial charge on any atom is 0.408 e. The first kappa shape index (κ1) is 17.5. The molecule has 0 radical (unpaired) electrons. The van der Waals surface area contributed by atoms with Gasteiger partial charge in [-0.25, -0.2) is 9.97 Å². The quantitative estimate of drug-likeness (QED) is 0.683. The van der Waals surface area contributed by atoms with E-state index in [1.54, 1.807) is 6.20 Å². The van der Waals surface area contributed by atoms with Gasteiger partial charge in [-0.05, 0) is 12.8 Å². The molecule has 1 aliphatic heterocycles. The Hall–Kier alpha value is -2.62. The first-order valence-corrected chi connectivity index (χ1v) is 9.29. The van der Waals surface area contributed by atoms with Crippen LogP contribution in [0, 0.1) is 0 Å². The van der Waals surface area contributed by atoms with Gasteiger partial charge >= 0.3 is 6.18 Å².